The fourth-order valence-electron chi connectivity index (χ4n) is 2.39. The zero-order chi connectivity index (χ0) is 11.9. The van der Waals surface area contributed by atoms with Crippen LogP contribution in [0.1, 0.15) is 23.2 Å². The molecule has 1 aliphatic carbocycles. The molecule has 0 atom stereocenters. The maximum atomic E-state index is 12.3. The number of piperazine rings is 1. The van der Waals surface area contributed by atoms with Gasteiger partial charge in [0.2, 0.25) is 0 Å². The number of hydrogen-bond donors (Lipinski definition) is 1. The van der Waals surface area contributed by atoms with Gasteiger partial charge in [0, 0.05) is 35.8 Å². The molecule has 0 unspecified atom stereocenters. The van der Waals surface area contributed by atoms with Crippen LogP contribution in [0.4, 0.5) is 0 Å². The number of halogens is 2. The van der Waals surface area contributed by atoms with Gasteiger partial charge in [0.05, 0.1) is 0 Å². The van der Waals surface area contributed by atoms with Crippen molar-refractivity contribution in [2.24, 2.45) is 0 Å². The second-order valence-corrected chi connectivity index (χ2v) is 5.38. The van der Waals surface area contributed by atoms with E-state index in [-0.39, 0.29) is 23.9 Å². The van der Waals surface area contributed by atoms with E-state index in [1.165, 1.54) is 12.8 Å². The first-order chi connectivity index (χ1) is 8.19. The third kappa shape index (κ3) is 2.63. The Morgan fingerprint density at radius 1 is 1.28 bits per heavy atom. The summed E-state index contributed by atoms with van der Waals surface area (Å²) < 4.78 is 0. The average Bonchev–Trinajstić information content (AvgIpc) is 3.08. The first-order valence-electron chi connectivity index (χ1n) is 5.98. The monoisotopic (exact) mass is 286 g/mol. The van der Waals surface area contributed by atoms with E-state index in [1.54, 1.807) is 24.3 Å². The highest BCUT2D eigenvalue weighted by molar-refractivity contribution is 6.30. The van der Waals surface area contributed by atoms with Gasteiger partial charge in [-0.1, -0.05) is 11.6 Å². The van der Waals surface area contributed by atoms with Crippen molar-refractivity contribution in [3.63, 3.8) is 0 Å². The van der Waals surface area contributed by atoms with E-state index in [1.807, 2.05) is 4.90 Å². The summed E-state index contributed by atoms with van der Waals surface area (Å²) in [6, 6.07) is 7.13. The lowest BCUT2D eigenvalue weighted by atomic mass is 10.1. The fraction of sp³-hybridized carbons (Fsp3) is 0.462. The quantitative estimate of drug-likeness (QED) is 0.860. The van der Waals surface area contributed by atoms with Gasteiger partial charge in [0.1, 0.15) is 0 Å². The minimum Gasteiger partial charge on any atom is -0.336 e. The maximum Gasteiger partial charge on any atom is 0.253 e. The summed E-state index contributed by atoms with van der Waals surface area (Å²) >= 11 is 5.82. The highest BCUT2D eigenvalue weighted by atomic mass is 35.5. The summed E-state index contributed by atoms with van der Waals surface area (Å²) in [6.45, 7) is 2.54. The summed E-state index contributed by atoms with van der Waals surface area (Å²) in [5, 5.41) is 4.17. The molecule has 1 heterocycles. The Kier molecular flexibility index (Phi) is 3.85. The molecule has 3 nitrogen and oxygen atoms in total. The number of hydrogen-bond acceptors (Lipinski definition) is 2. The number of nitrogens with one attached hydrogen (secondary N) is 1. The molecule has 2 aliphatic rings. The lowest BCUT2D eigenvalue weighted by Crippen LogP contribution is -2.54. The van der Waals surface area contributed by atoms with Crippen LogP contribution >= 0.6 is 24.0 Å². The van der Waals surface area contributed by atoms with Gasteiger partial charge in [-0.15, -0.1) is 12.4 Å². The van der Waals surface area contributed by atoms with E-state index in [0.717, 1.165) is 25.2 Å². The molecule has 5 heteroatoms. The average molecular weight is 287 g/mol. The van der Waals surface area contributed by atoms with Crippen LogP contribution < -0.4 is 5.32 Å². The second-order valence-electron chi connectivity index (χ2n) is 4.94. The predicted molar refractivity (Wildman–Crippen MR) is 74.6 cm³/mol. The standard InChI is InChI=1S/C13H15ClN2O.ClH/c14-11-3-1-10(2-4-11)12(17)16-8-7-15-13(9-16)5-6-13;/h1-4,15H,5-9H2;1H. The molecular formula is C13H16Cl2N2O. The summed E-state index contributed by atoms with van der Waals surface area (Å²) in [6.07, 6.45) is 2.38. The van der Waals surface area contributed by atoms with Crippen LogP contribution in [0.25, 0.3) is 0 Å². The van der Waals surface area contributed by atoms with E-state index in [0.29, 0.717) is 5.02 Å². The topological polar surface area (TPSA) is 32.3 Å². The molecule has 1 aromatic carbocycles. The molecule has 0 bridgehead atoms. The van der Waals surface area contributed by atoms with Crippen LogP contribution in [0.5, 0.6) is 0 Å². The van der Waals surface area contributed by atoms with E-state index in [4.69, 9.17) is 11.6 Å². The summed E-state index contributed by atoms with van der Waals surface area (Å²) in [7, 11) is 0. The third-order valence-electron chi connectivity index (χ3n) is 3.61. The molecule has 98 valence electrons. The van der Waals surface area contributed by atoms with Gasteiger partial charge < -0.3 is 10.2 Å². The Balaban J connectivity index is 0.00000120. The van der Waals surface area contributed by atoms with Crippen LogP contribution in [-0.2, 0) is 0 Å². The Morgan fingerprint density at radius 3 is 2.56 bits per heavy atom. The van der Waals surface area contributed by atoms with E-state index in [9.17, 15) is 4.79 Å². The number of benzene rings is 1. The predicted octanol–water partition coefficient (Wildman–Crippen LogP) is 2.34. The molecule has 1 N–H and O–H groups in total. The minimum atomic E-state index is 0. The zero-order valence-corrected chi connectivity index (χ0v) is 11.6. The van der Waals surface area contributed by atoms with Crippen LogP contribution in [0, 0.1) is 0 Å². The van der Waals surface area contributed by atoms with Gasteiger partial charge in [-0.25, -0.2) is 0 Å². The number of carbonyl (C=O) groups excluding carboxylic acids is 1. The van der Waals surface area contributed by atoms with Gasteiger partial charge in [-0.05, 0) is 37.1 Å². The van der Waals surface area contributed by atoms with Crippen LogP contribution in [0.15, 0.2) is 24.3 Å². The molecule has 1 aromatic rings. The third-order valence-corrected chi connectivity index (χ3v) is 3.86. The highest BCUT2D eigenvalue weighted by Crippen LogP contribution is 2.37. The van der Waals surface area contributed by atoms with Crippen molar-refractivity contribution in [1.82, 2.24) is 10.2 Å². The van der Waals surface area contributed by atoms with Gasteiger partial charge in [-0.2, -0.15) is 0 Å². The van der Waals surface area contributed by atoms with Crippen molar-refractivity contribution < 1.29 is 4.79 Å². The Labute approximate surface area is 118 Å². The minimum absolute atomic E-state index is 0. The SMILES string of the molecule is Cl.O=C(c1ccc(Cl)cc1)N1CCNC2(CC2)C1. The number of carbonyl (C=O) groups is 1. The molecular weight excluding hydrogens is 271 g/mol. The highest BCUT2D eigenvalue weighted by Gasteiger charge is 2.46. The molecule has 1 aliphatic heterocycles. The van der Waals surface area contributed by atoms with Crippen LogP contribution in [0.2, 0.25) is 5.02 Å². The smallest absolute Gasteiger partial charge is 0.253 e. The molecule has 2 fully saturated rings. The Bertz CT molecular complexity index is 443. The van der Waals surface area contributed by atoms with Gasteiger partial charge in [0.15, 0.2) is 0 Å². The molecule has 1 saturated heterocycles. The summed E-state index contributed by atoms with van der Waals surface area (Å²) in [5.41, 5.74) is 0.965. The lowest BCUT2D eigenvalue weighted by molar-refractivity contribution is 0.0691. The fourth-order valence-corrected chi connectivity index (χ4v) is 2.52. The van der Waals surface area contributed by atoms with Gasteiger partial charge in [0.25, 0.3) is 5.91 Å². The lowest BCUT2D eigenvalue weighted by Gasteiger charge is -2.34. The zero-order valence-electron chi connectivity index (χ0n) is 9.99. The van der Waals surface area contributed by atoms with Crippen molar-refractivity contribution in [3.05, 3.63) is 34.9 Å². The van der Waals surface area contributed by atoms with E-state index >= 15 is 0 Å². The molecule has 18 heavy (non-hydrogen) atoms. The maximum absolute atomic E-state index is 12.3. The van der Waals surface area contributed by atoms with Crippen LogP contribution in [0.3, 0.4) is 0 Å². The van der Waals surface area contributed by atoms with E-state index < -0.39 is 0 Å². The van der Waals surface area contributed by atoms with Crippen molar-refractivity contribution >= 4 is 29.9 Å². The molecule has 1 amide bonds. The number of rotatable bonds is 1. The summed E-state index contributed by atoms with van der Waals surface area (Å²) in [4.78, 5) is 14.2. The second kappa shape index (κ2) is 5.08. The first kappa shape index (κ1) is 13.7. The first-order valence-corrected chi connectivity index (χ1v) is 6.36. The Morgan fingerprint density at radius 2 is 1.94 bits per heavy atom. The van der Waals surface area contributed by atoms with Crippen molar-refractivity contribution in [3.8, 4) is 0 Å². The van der Waals surface area contributed by atoms with E-state index in [2.05, 4.69) is 5.32 Å². The van der Waals surface area contributed by atoms with Gasteiger partial charge in [-0.3, -0.25) is 4.79 Å². The van der Waals surface area contributed by atoms with Crippen molar-refractivity contribution in [2.45, 2.75) is 18.4 Å². The van der Waals surface area contributed by atoms with Crippen molar-refractivity contribution in [2.75, 3.05) is 19.6 Å². The molecule has 0 radical (unpaired) electrons. The van der Waals surface area contributed by atoms with Gasteiger partial charge >= 0.3 is 0 Å². The molecule has 1 saturated carbocycles. The molecule has 3 rings (SSSR count). The summed E-state index contributed by atoms with van der Waals surface area (Å²) in [5.74, 6) is 0.120. The van der Waals surface area contributed by atoms with Crippen LogP contribution in [-0.4, -0.2) is 36.0 Å². The number of amides is 1. The largest absolute Gasteiger partial charge is 0.336 e. The molecule has 1 spiro atoms. The molecule has 0 aromatic heterocycles. The Hall–Kier alpha value is -0.770. The normalized spacial score (nSPS) is 20.4. The van der Waals surface area contributed by atoms with Crippen molar-refractivity contribution in [1.29, 1.82) is 0 Å². The number of nitrogens with zero attached hydrogens (tertiary/aromatic N) is 1.